The zero-order valence-corrected chi connectivity index (χ0v) is 12.7. The molecule has 0 saturated carbocycles. The molecule has 1 aliphatic heterocycles. The molecule has 0 amide bonds. The zero-order chi connectivity index (χ0) is 14.2. The van der Waals surface area contributed by atoms with Gasteiger partial charge in [-0.2, -0.15) is 4.31 Å². The highest BCUT2D eigenvalue weighted by molar-refractivity contribution is 9.10. The van der Waals surface area contributed by atoms with Crippen LogP contribution in [0.1, 0.15) is 30.1 Å². The predicted octanol–water partition coefficient (Wildman–Crippen LogP) is 2.32. The van der Waals surface area contributed by atoms with Crippen molar-refractivity contribution in [2.75, 3.05) is 6.54 Å². The Morgan fingerprint density at radius 1 is 1.47 bits per heavy atom. The average molecular weight is 348 g/mol. The van der Waals surface area contributed by atoms with Crippen molar-refractivity contribution in [3.63, 3.8) is 0 Å². The number of nitrogens with zero attached hydrogens (tertiary/aromatic N) is 1. The summed E-state index contributed by atoms with van der Waals surface area (Å²) in [6, 6.07) is 3.98. The van der Waals surface area contributed by atoms with Crippen molar-refractivity contribution in [3.8, 4) is 0 Å². The molecule has 2 rings (SSSR count). The summed E-state index contributed by atoms with van der Waals surface area (Å²) in [5, 5.41) is 8.96. The Morgan fingerprint density at radius 2 is 2.16 bits per heavy atom. The van der Waals surface area contributed by atoms with Gasteiger partial charge in [-0.15, -0.1) is 0 Å². The summed E-state index contributed by atoms with van der Waals surface area (Å²) >= 11 is 3.18. The Balaban J connectivity index is 2.51. The SMILES string of the molecule is CC1CCCN1S(=O)(=O)c1cc(C(=O)O)ccc1Br. The highest BCUT2D eigenvalue weighted by atomic mass is 79.9. The van der Waals surface area contributed by atoms with Crippen LogP contribution < -0.4 is 0 Å². The molecule has 5 nitrogen and oxygen atoms in total. The summed E-state index contributed by atoms with van der Waals surface area (Å²) in [5.74, 6) is -1.14. The Labute approximate surface area is 120 Å². The smallest absolute Gasteiger partial charge is 0.335 e. The van der Waals surface area contributed by atoms with Crippen LogP contribution in [0.3, 0.4) is 0 Å². The lowest BCUT2D eigenvalue weighted by Gasteiger charge is -2.21. The first kappa shape index (κ1) is 14.5. The van der Waals surface area contributed by atoms with E-state index < -0.39 is 16.0 Å². The molecule has 1 unspecified atom stereocenters. The monoisotopic (exact) mass is 347 g/mol. The number of carbonyl (C=O) groups is 1. The third-order valence-corrected chi connectivity index (χ3v) is 6.26. The number of sulfonamides is 1. The quantitative estimate of drug-likeness (QED) is 0.910. The van der Waals surface area contributed by atoms with Crippen molar-refractivity contribution < 1.29 is 18.3 Å². The van der Waals surface area contributed by atoms with Crippen molar-refractivity contribution in [3.05, 3.63) is 28.2 Å². The van der Waals surface area contributed by atoms with Crippen LogP contribution in [0, 0.1) is 0 Å². The second kappa shape index (κ2) is 5.22. The first-order valence-corrected chi connectivity index (χ1v) is 8.12. The summed E-state index contributed by atoms with van der Waals surface area (Å²) in [5.41, 5.74) is -0.0337. The summed E-state index contributed by atoms with van der Waals surface area (Å²) in [4.78, 5) is 11.0. The molecule has 0 aliphatic carbocycles. The number of rotatable bonds is 3. The fourth-order valence-corrected chi connectivity index (χ4v) is 4.88. The minimum absolute atomic E-state index is 0.0150. The summed E-state index contributed by atoms with van der Waals surface area (Å²) < 4.78 is 26.9. The number of halogens is 1. The van der Waals surface area contributed by atoms with Gasteiger partial charge in [0.25, 0.3) is 0 Å². The third-order valence-electron chi connectivity index (χ3n) is 3.26. The first-order chi connectivity index (χ1) is 8.84. The van der Waals surface area contributed by atoms with Crippen molar-refractivity contribution in [2.24, 2.45) is 0 Å². The van der Waals surface area contributed by atoms with Crippen LogP contribution in [-0.2, 0) is 10.0 Å². The molecule has 1 saturated heterocycles. The van der Waals surface area contributed by atoms with E-state index in [0.717, 1.165) is 12.8 Å². The van der Waals surface area contributed by atoms with E-state index in [4.69, 9.17) is 5.11 Å². The fourth-order valence-electron chi connectivity index (χ4n) is 2.22. The minimum atomic E-state index is -3.65. The molecular formula is C12H14BrNO4S. The van der Waals surface area contributed by atoms with Gasteiger partial charge in [-0.3, -0.25) is 0 Å². The van der Waals surface area contributed by atoms with Gasteiger partial charge >= 0.3 is 5.97 Å². The molecule has 0 spiro atoms. The van der Waals surface area contributed by atoms with Gasteiger partial charge in [0.1, 0.15) is 0 Å². The maximum absolute atomic E-state index is 12.5. The van der Waals surface area contributed by atoms with Crippen LogP contribution in [0.2, 0.25) is 0 Å². The Hall–Kier alpha value is -0.920. The van der Waals surface area contributed by atoms with Gasteiger partial charge in [0, 0.05) is 17.1 Å². The van der Waals surface area contributed by atoms with E-state index in [-0.39, 0.29) is 16.5 Å². The van der Waals surface area contributed by atoms with Gasteiger partial charge < -0.3 is 5.11 Å². The van der Waals surface area contributed by atoms with Crippen molar-refractivity contribution >= 4 is 31.9 Å². The molecule has 1 N–H and O–H groups in total. The van der Waals surface area contributed by atoms with E-state index in [1.165, 1.54) is 22.5 Å². The normalized spacial score (nSPS) is 20.6. The van der Waals surface area contributed by atoms with Gasteiger partial charge in [-0.05, 0) is 53.9 Å². The second-order valence-electron chi connectivity index (χ2n) is 4.56. The first-order valence-electron chi connectivity index (χ1n) is 5.88. The van der Waals surface area contributed by atoms with E-state index in [0.29, 0.717) is 11.0 Å². The number of aromatic carboxylic acids is 1. The molecule has 104 valence electrons. The Bertz CT molecular complexity index is 614. The zero-order valence-electron chi connectivity index (χ0n) is 10.3. The number of carboxylic acids is 1. The molecule has 7 heteroatoms. The molecule has 1 aromatic rings. The van der Waals surface area contributed by atoms with Gasteiger partial charge in [0.15, 0.2) is 0 Å². The van der Waals surface area contributed by atoms with Gasteiger partial charge in [-0.1, -0.05) is 0 Å². The fraction of sp³-hybridized carbons (Fsp3) is 0.417. The lowest BCUT2D eigenvalue weighted by Crippen LogP contribution is -2.34. The van der Waals surface area contributed by atoms with Crippen LogP contribution in [0.4, 0.5) is 0 Å². The summed E-state index contributed by atoms with van der Waals surface area (Å²) in [6.07, 6.45) is 1.66. The third kappa shape index (κ3) is 2.68. The molecule has 0 radical (unpaired) electrons. The summed E-state index contributed by atoms with van der Waals surface area (Å²) in [6.45, 7) is 2.34. The minimum Gasteiger partial charge on any atom is -0.478 e. The van der Waals surface area contributed by atoms with Gasteiger partial charge in [-0.25, -0.2) is 13.2 Å². The lowest BCUT2D eigenvalue weighted by atomic mass is 10.2. The van der Waals surface area contributed by atoms with Crippen LogP contribution in [0.15, 0.2) is 27.6 Å². The summed E-state index contributed by atoms with van der Waals surface area (Å²) in [7, 11) is -3.65. The maximum atomic E-state index is 12.5. The Morgan fingerprint density at radius 3 is 2.68 bits per heavy atom. The molecule has 1 aromatic carbocycles. The molecule has 19 heavy (non-hydrogen) atoms. The van der Waals surface area contributed by atoms with Crippen LogP contribution >= 0.6 is 15.9 Å². The van der Waals surface area contributed by atoms with E-state index in [9.17, 15) is 13.2 Å². The number of hydrogen-bond acceptors (Lipinski definition) is 3. The lowest BCUT2D eigenvalue weighted by molar-refractivity contribution is 0.0696. The number of hydrogen-bond donors (Lipinski definition) is 1. The van der Waals surface area contributed by atoms with E-state index in [2.05, 4.69) is 15.9 Å². The second-order valence-corrected chi connectivity index (χ2v) is 7.27. The van der Waals surface area contributed by atoms with E-state index in [1.54, 1.807) is 0 Å². The van der Waals surface area contributed by atoms with E-state index in [1.807, 2.05) is 6.92 Å². The van der Waals surface area contributed by atoms with Gasteiger partial charge in [0.05, 0.1) is 10.5 Å². The van der Waals surface area contributed by atoms with Crippen molar-refractivity contribution in [1.82, 2.24) is 4.31 Å². The number of carboxylic acid groups (broad SMARTS) is 1. The van der Waals surface area contributed by atoms with Crippen molar-refractivity contribution in [2.45, 2.75) is 30.7 Å². The molecule has 1 heterocycles. The maximum Gasteiger partial charge on any atom is 0.335 e. The predicted molar refractivity (Wildman–Crippen MR) is 73.7 cm³/mol. The number of benzene rings is 1. The molecule has 1 aliphatic rings. The van der Waals surface area contributed by atoms with E-state index >= 15 is 0 Å². The van der Waals surface area contributed by atoms with Crippen LogP contribution in [0.5, 0.6) is 0 Å². The Kier molecular flexibility index (Phi) is 3.98. The topological polar surface area (TPSA) is 74.7 Å². The molecule has 1 fully saturated rings. The van der Waals surface area contributed by atoms with Crippen LogP contribution in [-0.4, -0.2) is 36.4 Å². The largest absolute Gasteiger partial charge is 0.478 e. The van der Waals surface area contributed by atoms with Crippen molar-refractivity contribution in [1.29, 1.82) is 0 Å². The molecular weight excluding hydrogens is 334 g/mol. The van der Waals surface area contributed by atoms with Gasteiger partial charge in [0.2, 0.25) is 10.0 Å². The van der Waals surface area contributed by atoms with Crippen LogP contribution in [0.25, 0.3) is 0 Å². The highest BCUT2D eigenvalue weighted by Crippen LogP contribution is 2.30. The molecule has 0 bridgehead atoms. The molecule has 0 aromatic heterocycles. The molecule has 1 atom stereocenters. The average Bonchev–Trinajstić information content (AvgIpc) is 2.76. The standard InChI is InChI=1S/C12H14BrNO4S/c1-8-3-2-6-14(8)19(17,18)11-7-9(12(15)16)4-5-10(11)13/h4-5,7-8H,2-3,6H2,1H3,(H,15,16). The highest BCUT2D eigenvalue weighted by Gasteiger charge is 2.34.